The molecule has 0 fully saturated rings. The Labute approximate surface area is 88.5 Å². The number of rotatable bonds is 3. The number of nitrogens with two attached hydrogens (primary N) is 1. The zero-order chi connectivity index (χ0) is 9.84. The molecule has 1 unspecified atom stereocenters. The zero-order valence-electron chi connectivity index (χ0n) is 8.18. The van der Waals surface area contributed by atoms with Crippen LogP contribution in [0.1, 0.15) is 25.0 Å². The lowest BCUT2D eigenvalue weighted by Gasteiger charge is -2.07. The monoisotopic (exact) mass is 241 g/mol. The fourth-order valence-corrected chi connectivity index (χ4v) is 2.00. The van der Waals surface area contributed by atoms with E-state index in [1.54, 1.807) is 0 Å². The topological polar surface area (TPSA) is 26.0 Å². The van der Waals surface area contributed by atoms with Gasteiger partial charge in [-0.3, -0.25) is 0 Å². The Morgan fingerprint density at radius 3 is 2.46 bits per heavy atom. The summed E-state index contributed by atoms with van der Waals surface area (Å²) >= 11 is 3.50. The van der Waals surface area contributed by atoms with Crippen LogP contribution in [0.4, 0.5) is 0 Å². The molecule has 0 saturated carbocycles. The van der Waals surface area contributed by atoms with Gasteiger partial charge in [0.25, 0.3) is 0 Å². The molecule has 72 valence electrons. The summed E-state index contributed by atoms with van der Waals surface area (Å²) in [5.41, 5.74) is 8.44. The lowest BCUT2D eigenvalue weighted by molar-refractivity contribution is 0.737. The highest BCUT2D eigenvalue weighted by molar-refractivity contribution is 9.10. The molecule has 0 aliphatic heterocycles. The molecule has 1 aromatic rings. The molecule has 0 radical (unpaired) electrons. The Morgan fingerprint density at radius 1 is 1.31 bits per heavy atom. The maximum atomic E-state index is 5.75. The van der Waals surface area contributed by atoms with Crippen LogP contribution in [-0.4, -0.2) is 6.04 Å². The van der Waals surface area contributed by atoms with Gasteiger partial charge in [-0.1, -0.05) is 28.9 Å². The highest BCUT2D eigenvalue weighted by Crippen LogP contribution is 2.17. The highest BCUT2D eigenvalue weighted by atomic mass is 79.9. The zero-order valence-corrected chi connectivity index (χ0v) is 9.76. The van der Waals surface area contributed by atoms with Crippen molar-refractivity contribution in [3.05, 3.63) is 33.8 Å². The van der Waals surface area contributed by atoms with Gasteiger partial charge in [-0.25, -0.2) is 0 Å². The molecule has 13 heavy (non-hydrogen) atoms. The third-order valence-corrected chi connectivity index (χ3v) is 2.44. The molecule has 1 rings (SSSR count). The molecule has 0 amide bonds. The Bertz CT molecular complexity index is 281. The van der Waals surface area contributed by atoms with E-state index in [9.17, 15) is 0 Å². The van der Waals surface area contributed by atoms with Crippen LogP contribution in [0.3, 0.4) is 0 Å². The lowest BCUT2D eigenvalue weighted by Crippen LogP contribution is -2.17. The predicted octanol–water partition coefficient (Wildman–Crippen LogP) is 2.90. The van der Waals surface area contributed by atoms with Crippen LogP contribution < -0.4 is 5.73 Å². The van der Waals surface area contributed by atoms with Gasteiger partial charge in [0.05, 0.1) is 0 Å². The van der Waals surface area contributed by atoms with E-state index in [-0.39, 0.29) is 6.04 Å². The number of hydrogen-bond donors (Lipinski definition) is 1. The fourth-order valence-electron chi connectivity index (χ4n) is 1.41. The van der Waals surface area contributed by atoms with E-state index in [0.29, 0.717) is 0 Å². The van der Waals surface area contributed by atoms with Gasteiger partial charge in [0.1, 0.15) is 0 Å². The first-order chi connectivity index (χ1) is 6.11. The fraction of sp³-hybridized carbons (Fsp3) is 0.455. The second-order valence-electron chi connectivity index (χ2n) is 3.50. The van der Waals surface area contributed by atoms with E-state index in [1.807, 2.05) is 6.92 Å². The molecule has 0 bridgehead atoms. The van der Waals surface area contributed by atoms with Crippen LogP contribution in [0, 0.1) is 0 Å². The lowest BCUT2D eigenvalue weighted by atomic mass is 10.0. The third-order valence-electron chi connectivity index (χ3n) is 1.98. The van der Waals surface area contributed by atoms with Gasteiger partial charge < -0.3 is 5.73 Å². The smallest absolute Gasteiger partial charge is 0.0180 e. The van der Waals surface area contributed by atoms with Crippen molar-refractivity contribution in [1.82, 2.24) is 0 Å². The van der Waals surface area contributed by atoms with Crippen molar-refractivity contribution in [2.45, 2.75) is 32.7 Å². The Morgan fingerprint density at radius 2 is 1.92 bits per heavy atom. The van der Waals surface area contributed by atoms with Crippen LogP contribution in [-0.2, 0) is 12.8 Å². The van der Waals surface area contributed by atoms with E-state index in [4.69, 9.17) is 5.73 Å². The van der Waals surface area contributed by atoms with E-state index in [1.165, 1.54) is 11.1 Å². The summed E-state index contributed by atoms with van der Waals surface area (Å²) in [5.74, 6) is 0. The maximum Gasteiger partial charge on any atom is 0.0180 e. The molecule has 0 aliphatic carbocycles. The molecule has 0 saturated heterocycles. The van der Waals surface area contributed by atoms with Crippen molar-refractivity contribution < 1.29 is 0 Å². The van der Waals surface area contributed by atoms with Gasteiger partial charge in [-0.2, -0.15) is 0 Å². The predicted molar refractivity (Wildman–Crippen MR) is 60.9 cm³/mol. The van der Waals surface area contributed by atoms with Gasteiger partial charge in [0.2, 0.25) is 0 Å². The van der Waals surface area contributed by atoms with Crippen LogP contribution >= 0.6 is 15.9 Å². The highest BCUT2D eigenvalue weighted by Gasteiger charge is 2.00. The largest absolute Gasteiger partial charge is 0.328 e. The van der Waals surface area contributed by atoms with Crippen LogP contribution in [0.15, 0.2) is 22.7 Å². The van der Waals surface area contributed by atoms with Crippen molar-refractivity contribution in [1.29, 1.82) is 0 Å². The summed E-state index contributed by atoms with van der Waals surface area (Å²) in [7, 11) is 0. The third kappa shape index (κ3) is 3.49. The molecule has 0 spiro atoms. The maximum absolute atomic E-state index is 5.75. The van der Waals surface area contributed by atoms with Gasteiger partial charge >= 0.3 is 0 Å². The first-order valence-electron chi connectivity index (χ1n) is 4.65. The van der Waals surface area contributed by atoms with Gasteiger partial charge in [-0.05, 0) is 43.0 Å². The van der Waals surface area contributed by atoms with Crippen molar-refractivity contribution in [2.24, 2.45) is 5.73 Å². The molecule has 1 aromatic carbocycles. The minimum atomic E-state index is 0.235. The standard InChI is InChI=1S/C11H16BrN/c1-3-9-5-10(4-8(2)13)7-11(12)6-9/h5-8H,3-4,13H2,1-2H3. The summed E-state index contributed by atoms with van der Waals surface area (Å²) < 4.78 is 1.16. The molecule has 0 heterocycles. The first-order valence-corrected chi connectivity index (χ1v) is 5.45. The summed E-state index contributed by atoms with van der Waals surface area (Å²) in [5, 5.41) is 0. The van der Waals surface area contributed by atoms with Gasteiger partial charge in [0.15, 0.2) is 0 Å². The number of aryl methyl sites for hydroxylation is 1. The van der Waals surface area contributed by atoms with E-state index in [0.717, 1.165) is 17.3 Å². The molecule has 0 aromatic heterocycles. The van der Waals surface area contributed by atoms with Crippen molar-refractivity contribution >= 4 is 15.9 Å². The minimum Gasteiger partial charge on any atom is -0.328 e. The Balaban J connectivity index is 2.88. The summed E-state index contributed by atoms with van der Waals surface area (Å²) in [6.45, 7) is 4.20. The first kappa shape index (κ1) is 10.7. The number of hydrogen-bond acceptors (Lipinski definition) is 1. The Kier molecular flexibility index (Phi) is 3.94. The van der Waals surface area contributed by atoms with Crippen LogP contribution in [0.25, 0.3) is 0 Å². The SMILES string of the molecule is CCc1cc(Br)cc(CC(C)N)c1. The van der Waals surface area contributed by atoms with E-state index >= 15 is 0 Å². The average molecular weight is 242 g/mol. The van der Waals surface area contributed by atoms with Crippen LogP contribution in [0.5, 0.6) is 0 Å². The van der Waals surface area contributed by atoms with E-state index < -0.39 is 0 Å². The molecule has 1 nitrogen and oxygen atoms in total. The van der Waals surface area contributed by atoms with Crippen molar-refractivity contribution in [3.63, 3.8) is 0 Å². The average Bonchev–Trinajstić information content (AvgIpc) is 2.01. The molecule has 1 atom stereocenters. The normalized spacial score (nSPS) is 12.9. The molecule has 2 N–H and O–H groups in total. The molecular weight excluding hydrogens is 226 g/mol. The van der Waals surface area contributed by atoms with Crippen LogP contribution in [0.2, 0.25) is 0 Å². The second-order valence-corrected chi connectivity index (χ2v) is 4.42. The number of halogens is 1. The Hall–Kier alpha value is -0.340. The van der Waals surface area contributed by atoms with Gasteiger partial charge in [-0.15, -0.1) is 0 Å². The number of benzene rings is 1. The van der Waals surface area contributed by atoms with Gasteiger partial charge in [0, 0.05) is 10.5 Å². The summed E-state index contributed by atoms with van der Waals surface area (Å²) in [6, 6.07) is 6.76. The molecule has 0 aliphatic rings. The minimum absolute atomic E-state index is 0.235. The molecule has 2 heteroatoms. The quantitative estimate of drug-likeness (QED) is 0.866. The van der Waals surface area contributed by atoms with Crippen molar-refractivity contribution in [2.75, 3.05) is 0 Å². The summed E-state index contributed by atoms with van der Waals surface area (Å²) in [6.07, 6.45) is 2.03. The van der Waals surface area contributed by atoms with Crippen molar-refractivity contribution in [3.8, 4) is 0 Å². The van der Waals surface area contributed by atoms with E-state index in [2.05, 4.69) is 41.1 Å². The second kappa shape index (κ2) is 4.77. The molecular formula is C11H16BrN. The summed E-state index contributed by atoms with van der Waals surface area (Å²) in [4.78, 5) is 0.